The van der Waals surface area contributed by atoms with E-state index in [1.54, 1.807) is 36.3 Å². The summed E-state index contributed by atoms with van der Waals surface area (Å²) >= 11 is 7.57. The largest absolute Gasteiger partial charge is 0.497 e. The van der Waals surface area contributed by atoms with Gasteiger partial charge in [-0.25, -0.2) is 4.98 Å². The van der Waals surface area contributed by atoms with E-state index in [9.17, 15) is 4.79 Å². The van der Waals surface area contributed by atoms with Crippen LogP contribution in [0.2, 0.25) is 5.02 Å². The van der Waals surface area contributed by atoms with Gasteiger partial charge in [0, 0.05) is 23.3 Å². The lowest BCUT2D eigenvalue weighted by Crippen LogP contribution is -2.37. The number of carbonyl (C=O) groups is 1. The van der Waals surface area contributed by atoms with Crippen molar-refractivity contribution in [3.05, 3.63) is 53.1 Å². The molecule has 0 radical (unpaired) electrons. The fourth-order valence-corrected chi connectivity index (χ4v) is 4.30. The van der Waals surface area contributed by atoms with Crippen molar-refractivity contribution in [1.82, 2.24) is 4.98 Å². The average Bonchev–Trinajstić information content (AvgIpc) is 3.34. The number of thiazole rings is 1. The molecule has 0 spiro atoms. The van der Waals surface area contributed by atoms with E-state index in [0.29, 0.717) is 22.3 Å². The number of anilines is 1. The molecule has 3 aromatic rings. The fourth-order valence-electron chi connectivity index (χ4n) is 3.15. The quantitative estimate of drug-likeness (QED) is 0.616. The topological polar surface area (TPSA) is 51.7 Å². The van der Waals surface area contributed by atoms with Gasteiger partial charge in [-0.1, -0.05) is 29.0 Å². The van der Waals surface area contributed by atoms with Crippen molar-refractivity contribution in [1.29, 1.82) is 0 Å². The molecule has 2 aromatic carbocycles. The highest BCUT2D eigenvalue weighted by Gasteiger charge is 2.27. The van der Waals surface area contributed by atoms with Crippen LogP contribution in [0.5, 0.6) is 5.75 Å². The van der Waals surface area contributed by atoms with Crippen molar-refractivity contribution in [2.24, 2.45) is 0 Å². The standard InChI is InChI=1S/C20H19ClN2O3S/c1-25-15-7-8-18-17(11-15)22-20(27-18)23(12-16-6-3-9-26-16)19(24)13-4-2-5-14(21)10-13/h2,4-5,7-8,10-11,16H,3,6,9,12H2,1H3. The highest BCUT2D eigenvalue weighted by Crippen LogP contribution is 2.33. The number of fused-ring (bicyclic) bond motifs is 1. The minimum Gasteiger partial charge on any atom is -0.497 e. The number of benzene rings is 2. The first-order valence-corrected chi connectivity index (χ1v) is 9.97. The van der Waals surface area contributed by atoms with Gasteiger partial charge in [0.15, 0.2) is 5.13 Å². The summed E-state index contributed by atoms with van der Waals surface area (Å²) in [6, 6.07) is 12.7. The minimum absolute atomic E-state index is 0.0229. The number of rotatable bonds is 5. The van der Waals surface area contributed by atoms with Crippen molar-refractivity contribution >= 4 is 44.2 Å². The molecule has 4 rings (SSSR count). The van der Waals surface area contributed by atoms with Gasteiger partial charge in [-0.2, -0.15) is 0 Å². The number of halogens is 1. The van der Waals surface area contributed by atoms with Gasteiger partial charge in [-0.15, -0.1) is 0 Å². The first kappa shape index (κ1) is 18.2. The lowest BCUT2D eigenvalue weighted by molar-refractivity contribution is 0.0917. The molecule has 2 heterocycles. The predicted molar refractivity (Wildman–Crippen MR) is 108 cm³/mol. The number of nitrogens with zero attached hydrogens (tertiary/aromatic N) is 2. The molecule has 1 fully saturated rings. The maximum Gasteiger partial charge on any atom is 0.260 e. The Kier molecular flexibility index (Phi) is 5.29. The predicted octanol–water partition coefficient (Wildman–Crippen LogP) is 4.78. The van der Waals surface area contributed by atoms with Crippen LogP contribution in [-0.4, -0.2) is 37.3 Å². The smallest absolute Gasteiger partial charge is 0.260 e. The number of hydrogen-bond acceptors (Lipinski definition) is 5. The van der Waals surface area contributed by atoms with Crippen LogP contribution in [0.1, 0.15) is 23.2 Å². The van der Waals surface area contributed by atoms with Crippen LogP contribution in [0.4, 0.5) is 5.13 Å². The summed E-state index contributed by atoms with van der Waals surface area (Å²) in [6.45, 7) is 1.21. The van der Waals surface area contributed by atoms with E-state index in [2.05, 4.69) is 4.98 Å². The van der Waals surface area contributed by atoms with Crippen LogP contribution < -0.4 is 9.64 Å². The first-order valence-electron chi connectivity index (χ1n) is 8.77. The third-order valence-corrected chi connectivity index (χ3v) is 5.84. The highest BCUT2D eigenvalue weighted by atomic mass is 35.5. The van der Waals surface area contributed by atoms with Gasteiger partial charge in [0.25, 0.3) is 5.91 Å². The first-order chi connectivity index (χ1) is 13.1. The van der Waals surface area contributed by atoms with Crippen LogP contribution in [0.25, 0.3) is 10.2 Å². The molecule has 1 saturated heterocycles. The molecule has 1 amide bonds. The number of carbonyl (C=O) groups excluding carboxylic acids is 1. The second-order valence-corrected chi connectivity index (χ2v) is 7.84. The van der Waals surface area contributed by atoms with Crippen molar-refractivity contribution in [2.75, 3.05) is 25.2 Å². The molecule has 0 N–H and O–H groups in total. The third-order valence-electron chi connectivity index (χ3n) is 4.54. The van der Waals surface area contributed by atoms with Crippen molar-refractivity contribution in [3.63, 3.8) is 0 Å². The lowest BCUT2D eigenvalue weighted by atomic mass is 10.2. The van der Waals surface area contributed by atoms with Crippen molar-refractivity contribution in [3.8, 4) is 5.75 Å². The van der Waals surface area contributed by atoms with Gasteiger partial charge in [-0.3, -0.25) is 9.69 Å². The summed E-state index contributed by atoms with van der Waals surface area (Å²) in [4.78, 5) is 19.6. The summed E-state index contributed by atoms with van der Waals surface area (Å²) in [5.41, 5.74) is 1.35. The Labute approximate surface area is 166 Å². The summed E-state index contributed by atoms with van der Waals surface area (Å²) < 4.78 is 12.0. The molecule has 1 atom stereocenters. The minimum atomic E-state index is -0.126. The van der Waals surface area contributed by atoms with Gasteiger partial charge in [0.05, 0.1) is 30.0 Å². The fraction of sp³-hybridized carbons (Fsp3) is 0.300. The Morgan fingerprint density at radius 1 is 1.37 bits per heavy atom. The molecule has 0 saturated carbocycles. The number of methoxy groups -OCH3 is 1. The zero-order valence-electron chi connectivity index (χ0n) is 14.9. The highest BCUT2D eigenvalue weighted by molar-refractivity contribution is 7.22. The van der Waals surface area contributed by atoms with E-state index >= 15 is 0 Å². The van der Waals surface area contributed by atoms with Crippen LogP contribution in [-0.2, 0) is 4.74 Å². The molecule has 5 nitrogen and oxygen atoms in total. The van der Waals surface area contributed by atoms with E-state index in [-0.39, 0.29) is 12.0 Å². The Morgan fingerprint density at radius 2 is 2.26 bits per heavy atom. The van der Waals surface area contributed by atoms with E-state index in [0.717, 1.165) is 35.4 Å². The molecule has 1 aliphatic heterocycles. The molecular formula is C20H19ClN2O3S. The molecule has 140 valence electrons. The zero-order chi connectivity index (χ0) is 18.8. The average molecular weight is 403 g/mol. The lowest BCUT2D eigenvalue weighted by Gasteiger charge is -2.23. The third kappa shape index (κ3) is 3.93. The molecule has 1 aliphatic rings. The summed E-state index contributed by atoms with van der Waals surface area (Å²) in [5.74, 6) is 0.616. The number of ether oxygens (including phenoxy) is 2. The summed E-state index contributed by atoms with van der Waals surface area (Å²) in [6.07, 6.45) is 1.98. The second kappa shape index (κ2) is 7.84. The molecule has 27 heavy (non-hydrogen) atoms. The van der Waals surface area contributed by atoms with Crippen molar-refractivity contribution in [2.45, 2.75) is 18.9 Å². The van der Waals surface area contributed by atoms with Crippen LogP contribution in [0.15, 0.2) is 42.5 Å². The molecule has 0 bridgehead atoms. The zero-order valence-corrected chi connectivity index (χ0v) is 16.4. The van der Waals surface area contributed by atoms with E-state index in [4.69, 9.17) is 21.1 Å². The Hall–Kier alpha value is -2.15. The van der Waals surface area contributed by atoms with E-state index in [1.165, 1.54) is 11.3 Å². The monoisotopic (exact) mass is 402 g/mol. The Morgan fingerprint density at radius 3 is 3.00 bits per heavy atom. The number of amides is 1. The Bertz CT molecular complexity index is 969. The summed E-state index contributed by atoms with van der Waals surface area (Å²) in [7, 11) is 1.63. The summed E-state index contributed by atoms with van der Waals surface area (Å²) in [5, 5.41) is 1.19. The molecule has 7 heteroatoms. The molecular weight excluding hydrogens is 384 g/mol. The van der Waals surface area contributed by atoms with Gasteiger partial charge in [-0.05, 0) is 43.2 Å². The number of hydrogen-bond donors (Lipinski definition) is 0. The Balaban J connectivity index is 1.71. The maximum absolute atomic E-state index is 13.2. The molecule has 0 aliphatic carbocycles. The number of aromatic nitrogens is 1. The van der Waals surface area contributed by atoms with Crippen LogP contribution in [0, 0.1) is 0 Å². The normalized spacial score (nSPS) is 16.6. The van der Waals surface area contributed by atoms with E-state index in [1.807, 2.05) is 18.2 Å². The second-order valence-electron chi connectivity index (χ2n) is 6.39. The van der Waals surface area contributed by atoms with Crippen LogP contribution in [0.3, 0.4) is 0 Å². The molecule has 1 unspecified atom stereocenters. The molecule has 1 aromatic heterocycles. The van der Waals surface area contributed by atoms with Gasteiger partial charge >= 0.3 is 0 Å². The van der Waals surface area contributed by atoms with Crippen LogP contribution >= 0.6 is 22.9 Å². The van der Waals surface area contributed by atoms with E-state index < -0.39 is 0 Å². The van der Waals surface area contributed by atoms with Gasteiger partial charge in [0.1, 0.15) is 5.75 Å². The van der Waals surface area contributed by atoms with Gasteiger partial charge < -0.3 is 9.47 Å². The SMILES string of the molecule is COc1ccc2sc(N(CC3CCCO3)C(=O)c3cccc(Cl)c3)nc2c1. The van der Waals surface area contributed by atoms with Crippen molar-refractivity contribution < 1.29 is 14.3 Å². The maximum atomic E-state index is 13.2. The van der Waals surface area contributed by atoms with Gasteiger partial charge in [0.2, 0.25) is 0 Å².